The fourth-order valence-corrected chi connectivity index (χ4v) is 3.34. The molecule has 3 aromatic rings. The summed E-state index contributed by atoms with van der Waals surface area (Å²) in [6, 6.07) is 17.4. The normalized spacial score (nSPS) is 11.4. The van der Waals surface area contributed by atoms with E-state index in [4.69, 9.17) is 4.74 Å². The molecule has 2 N–H and O–H groups in total. The SMILES string of the molecule is C=C(c1cc(OC)c(O)c2c(Cc3ccccc3)cccc12)C(C)(C)C(=O)O. The molecule has 0 saturated heterocycles. The zero-order valence-corrected chi connectivity index (χ0v) is 16.3. The first kappa shape index (κ1) is 19.5. The number of phenols is 1. The predicted molar refractivity (Wildman–Crippen MR) is 112 cm³/mol. The van der Waals surface area contributed by atoms with Crippen LogP contribution in [0.15, 0.2) is 61.2 Å². The molecule has 0 unspecified atom stereocenters. The summed E-state index contributed by atoms with van der Waals surface area (Å²) in [7, 11) is 1.48. The zero-order valence-electron chi connectivity index (χ0n) is 16.3. The van der Waals surface area contributed by atoms with Crippen molar-refractivity contribution in [3.63, 3.8) is 0 Å². The lowest BCUT2D eigenvalue weighted by Gasteiger charge is -2.25. The van der Waals surface area contributed by atoms with Crippen molar-refractivity contribution in [3.8, 4) is 11.5 Å². The van der Waals surface area contributed by atoms with Crippen molar-refractivity contribution < 1.29 is 19.7 Å². The van der Waals surface area contributed by atoms with Gasteiger partial charge >= 0.3 is 5.97 Å². The fourth-order valence-electron chi connectivity index (χ4n) is 3.34. The Morgan fingerprint density at radius 3 is 2.39 bits per heavy atom. The van der Waals surface area contributed by atoms with Crippen LogP contribution in [0.5, 0.6) is 11.5 Å². The van der Waals surface area contributed by atoms with E-state index in [-0.39, 0.29) is 5.75 Å². The summed E-state index contributed by atoms with van der Waals surface area (Å²) in [4.78, 5) is 11.8. The third-order valence-electron chi connectivity index (χ3n) is 5.26. The van der Waals surface area contributed by atoms with E-state index in [2.05, 4.69) is 6.58 Å². The van der Waals surface area contributed by atoms with Crippen LogP contribution in [0.3, 0.4) is 0 Å². The van der Waals surface area contributed by atoms with Crippen LogP contribution in [0.1, 0.15) is 30.5 Å². The maximum absolute atomic E-state index is 11.8. The summed E-state index contributed by atoms with van der Waals surface area (Å²) in [5, 5.41) is 21.9. The minimum atomic E-state index is -1.16. The van der Waals surface area contributed by atoms with Crippen molar-refractivity contribution >= 4 is 22.3 Å². The van der Waals surface area contributed by atoms with Gasteiger partial charge in [0.25, 0.3) is 0 Å². The predicted octanol–water partition coefficient (Wildman–Crippen LogP) is 5.27. The summed E-state index contributed by atoms with van der Waals surface area (Å²) in [5.74, 6) is -0.614. The molecule has 0 aliphatic carbocycles. The number of fused-ring (bicyclic) bond motifs is 1. The van der Waals surface area contributed by atoms with E-state index in [1.165, 1.54) is 7.11 Å². The van der Waals surface area contributed by atoms with Crippen LogP contribution in [0.4, 0.5) is 0 Å². The van der Waals surface area contributed by atoms with Gasteiger partial charge in [-0.05, 0) is 54.0 Å². The Hall–Kier alpha value is -3.27. The number of carboxylic acid groups (broad SMARTS) is 1. The minimum Gasteiger partial charge on any atom is -0.504 e. The lowest BCUT2D eigenvalue weighted by molar-refractivity contribution is -0.143. The van der Waals surface area contributed by atoms with Gasteiger partial charge in [-0.25, -0.2) is 0 Å². The van der Waals surface area contributed by atoms with Crippen molar-refractivity contribution in [2.45, 2.75) is 20.3 Å². The number of aliphatic carboxylic acids is 1. The van der Waals surface area contributed by atoms with E-state index in [0.29, 0.717) is 28.7 Å². The highest BCUT2D eigenvalue weighted by molar-refractivity contribution is 6.04. The molecule has 4 nitrogen and oxygen atoms in total. The van der Waals surface area contributed by atoms with Crippen molar-refractivity contribution in [2.24, 2.45) is 5.41 Å². The Morgan fingerprint density at radius 2 is 1.79 bits per heavy atom. The maximum atomic E-state index is 11.8. The van der Waals surface area contributed by atoms with Gasteiger partial charge in [0.1, 0.15) is 0 Å². The van der Waals surface area contributed by atoms with Crippen LogP contribution in [0, 0.1) is 5.41 Å². The first-order chi connectivity index (χ1) is 13.3. The molecular weight excluding hydrogens is 352 g/mol. The number of ether oxygens (including phenoxy) is 1. The average molecular weight is 376 g/mol. The topological polar surface area (TPSA) is 66.8 Å². The summed E-state index contributed by atoms with van der Waals surface area (Å²) < 4.78 is 5.38. The summed E-state index contributed by atoms with van der Waals surface area (Å²) in [6.07, 6.45) is 0.632. The van der Waals surface area contributed by atoms with Gasteiger partial charge < -0.3 is 14.9 Å². The summed E-state index contributed by atoms with van der Waals surface area (Å²) >= 11 is 0. The van der Waals surface area contributed by atoms with Gasteiger partial charge in [0.2, 0.25) is 0 Å². The molecule has 3 rings (SSSR count). The average Bonchev–Trinajstić information content (AvgIpc) is 2.68. The quantitative estimate of drug-likeness (QED) is 0.615. The molecule has 144 valence electrons. The highest BCUT2D eigenvalue weighted by atomic mass is 16.5. The monoisotopic (exact) mass is 376 g/mol. The molecule has 0 radical (unpaired) electrons. The van der Waals surface area contributed by atoms with Crippen molar-refractivity contribution in [3.05, 3.63) is 77.9 Å². The van der Waals surface area contributed by atoms with Crippen LogP contribution in [-0.2, 0) is 11.2 Å². The third kappa shape index (κ3) is 3.33. The summed E-state index contributed by atoms with van der Waals surface area (Å²) in [6.45, 7) is 7.31. The highest BCUT2D eigenvalue weighted by Gasteiger charge is 2.33. The highest BCUT2D eigenvalue weighted by Crippen LogP contribution is 2.45. The largest absolute Gasteiger partial charge is 0.504 e. The smallest absolute Gasteiger partial charge is 0.313 e. The van der Waals surface area contributed by atoms with Crippen LogP contribution in [0.25, 0.3) is 16.3 Å². The maximum Gasteiger partial charge on any atom is 0.313 e. The second-order valence-corrected chi connectivity index (χ2v) is 7.39. The minimum absolute atomic E-state index is 0.0497. The molecule has 0 atom stereocenters. The molecule has 0 spiro atoms. The first-order valence-electron chi connectivity index (χ1n) is 9.06. The van der Waals surface area contributed by atoms with E-state index < -0.39 is 11.4 Å². The van der Waals surface area contributed by atoms with E-state index in [1.54, 1.807) is 19.9 Å². The van der Waals surface area contributed by atoms with E-state index in [9.17, 15) is 15.0 Å². The molecule has 28 heavy (non-hydrogen) atoms. The van der Waals surface area contributed by atoms with Crippen molar-refractivity contribution in [1.82, 2.24) is 0 Å². The Labute approximate surface area is 164 Å². The Morgan fingerprint density at radius 1 is 1.11 bits per heavy atom. The summed E-state index contributed by atoms with van der Waals surface area (Å²) in [5.41, 5.74) is 2.00. The molecule has 0 bridgehead atoms. The molecule has 4 heteroatoms. The Bertz CT molecular complexity index is 1050. The third-order valence-corrected chi connectivity index (χ3v) is 5.26. The number of rotatable bonds is 6. The second-order valence-electron chi connectivity index (χ2n) is 7.39. The Balaban J connectivity index is 2.27. The van der Waals surface area contributed by atoms with Gasteiger partial charge in [-0.15, -0.1) is 0 Å². The molecule has 0 aromatic heterocycles. The van der Waals surface area contributed by atoms with Crippen LogP contribution in [0.2, 0.25) is 0 Å². The van der Waals surface area contributed by atoms with Gasteiger partial charge in [0.15, 0.2) is 11.5 Å². The molecule has 0 fully saturated rings. The molecule has 3 aromatic carbocycles. The van der Waals surface area contributed by atoms with Gasteiger partial charge in [0.05, 0.1) is 12.5 Å². The number of benzene rings is 3. The van der Waals surface area contributed by atoms with Gasteiger partial charge in [-0.2, -0.15) is 0 Å². The molecule has 0 saturated carbocycles. The van der Waals surface area contributed by atoms with Gasteiger partial charge in [0, 0.05) is 5.39 Å². The molecule has 0 aliphatic heterocycles. The standard InChI is InChI=1S/C24H24O4/c1-15(24(2,3)23(26)27)19-14-20(28-4)22(25)21-17(11-8-12-18(19)21)13-16-9-6-5-7-10-16/h5-12,14,25H,1,13H2,2-4H3,(H,26,27). The number of hydrogen-bond donors (Lipinski definition) is 2. The van der Waals surface area contributed by atoms with E-state index >= 15 is 0 Å². The van der Waals surface area contributed by atoms with E-state index in [1.807, 2.05) is 48.5 Å². The molecule has 0 aliphatic rings. The van der Waals surface area contributed by atoms with Gasteiger partial charge in [-0.3, -0.25) is 4.79 Å². The lowest BCUT2D eigenvalue weighted by atomic mass is 9.79. The molecule has 0 amide bonds. The second kappa shape index (κ2) is 7.39. The lowest BCUT2D eigenvalue weighted by Crippen LogP contribution is -2.24. The van der Waals surface area contributed by atoms with Crippen molar-refractivity contribution in [2.75, 3.05) is 7.11 Å². The number of carbonyl (C=O) groups is 1. The number of methoxy groups -OCH3 is 1. The number of carboxylic acids is 1. The van der Waals surface area contributed by atoms with Gasteiger partial charge in [-0.1, -0.05) is 55.1 Å². The van der Waals surface area contributed by atoms with Crippen LogP contribution < -0.4 is 4.74 Å². The fraction of sp³-hybridized carbons (Fsp3) is 0.208. The van der Waals surface area contributed by atoms with E-state index in [0.717, 1.165) is 16.5 Å². The molecular formula is C24H24O4. The van der Waals surface area contributed by atoms with Crippen molar-refractivity contribution in [1.29, 1.82) is 0 Å². The van der Waals surface area contributed by atoms with Crippen LogP contribution >= 0.6 is 0 Å². The number of hydrogen-bond acceptors (Lipinski definition) is 3. The zero-order chi connectivity index (χ0) is 20.5. The first-order valence-corrected chi connectivity index (χ1v) is 9.06. The van der Waals surface area contributed by atoms with Crippen LogP contribution in [-0.4, -0.2) is 23.3 Å². The molecule has 0 heterocycles. The number of aromatic hydroxyl groups is 1. The number of phenolic OH excluding ortho intramolecular Hbond substituents is 1. The Kier molecular flexibility index (Phi) is 5.14.